The molecule has 0 aliphatic carbocycles. The van der Waals surface area contributed by atoms with Crippen LogP contribution in [-0.2, 0) is 0 Å². The van der Waals surface area contributed by atoms with Gasteiger partial charge in [-0.15, -0.1) is 0 Å². The molecular weight excluding hydrogens is 340 g/mol. The molecule has 0 saturated heterocycles. The van der Waals surface area contributed by atoms with E-state index in [-0.39, 0.29) is 30.0 Å². The summed E-state index contributed by atoms with van der Waals surface area (Å²) in [5.41, 5.74) is -0.482. The van der Waals surface area contributed by atoms with Gasteiger partial charge in [0.2, 0.25) is 0 Å². The molecule has 0 radical (unpaired) electrons. The van der Waals surface area contributed by atoms with Crippen molar-refractivity contribution in [2.75, 3.05) is 19.8 Å². The molecule has 26 heavy (non-hydrogen) atoms. The molecule has 0 bridgehead atoms. The molecule has 2 amide bonds. The first kappa shape index (κ1) is 17.4. The van der Waals surface area contributed by atoms with Crippen molar-refractivity contribution in [1.82, 2.24) is 4.90 Å². The maximum Gasteiger partial charge on any atom is 0.282 e. The van der Waals surface area contributed by atoms with Gasteiger partial charge < -0.3 is 9.47 Å². The molecule has 2 aromatic rings. The summed E-state index contributed by atoms with van der Waals surface area (Å²) in [4.78, 5) is 36.2. The SMILES string of the molecule is CCOc1ccc(OCCN2C(=O)c3cccc([N+](=O)[O-])c3C2=O)cc1. The molecule has 1 aliphatic rings. The highest BCUT2D eigenvalue weighted by molar-refractivity contribution is 6.23. The van der Waals surface area contributed by atoms with Crippen molar-refractivity contribution in [2.24, 2.45) is 0 Å². The highest BCUT2D eigenvalue weighted by Gasteiger charge is 2.40. The van der Waals surface area contributed by atoms with Crippen LogP contribution in [0.15, 0.2) is 42.5 Å². The Morgan fingerprint density at radius 3 is 2.27 bits per heavy atom. The summed E-state index contributed by atoms with van der Waals surface area (Å²) in [7, 11) is 0. The van der Waals surface area contributed by atoms with Gasteiger partial charge in [0.25, 0.3) is 17.5 Å². The van der Waals surface area contributed by atoms with Gasteiger partial charge in [0.15, 0.2) is 0 Å². The van der Waals surface area contributed by atoms with Crippen LogP contribution in [0, 0.1) is 10.1 Å². The van der Waals surface area contributed by atoms with E-state index in [1.54, 1.807) is 24.3 Å². The number of hydrogen-bond acceptors (Lipinski definition) is 6. The molecular formula is C18H16N2O6. The van der Waals surface area contributed by atoms with Crippen LogP contribution < -0.4 is 9.47 Å². The summed E-state index contributed by atoms with van der Waals surface area (Å²) in [6, 6.07) is 11.0. The number of rotatable bonds is 7. The topological polar surface area (TPSA) is 99.0 Å². The third-order valence-corrected chi connectivity index (χ3v) is 3.89. The molecule has 0 atom stereocenters. The monoisotopic (exact) mass is 356 g/mol. The van der Waals surface area contributed by atoms with E-state index in [0.717, 1.165) is 4.90 Å². The number of nitrogens with zero attached hydrogens (tertiary/aromatic N) is 2. The van der Waals surface area contributed by atoms with Gasteiger partial charge in [0, 0.05) is 6.07 Å². The quantitative estimate of drug-likeness (QED) is 0.430. The third-order valence-electron chi connectivity index (χ3n) is 3.89. The molecule has 1 heterocycles. The first-order chi connectivity index (χ1) is 12.5. The van der Waals surface area contributed by atoms with Crippen molar-refractivity contribution in [3.05, 3.63) is 63.7 Å². The van der Waals surface area contributed by atoms with Gasteiger partial charge in [-0.1, -0.05) is 6.07 Å². The molecule has 2 aromatic carbocycles. The van der Waals surface area contributed by atoms with E-state index in [1.807, 2.05) is 6.92 Å². The minimum Gasteiger partial charge on any atom is -0.494 e. The van der Waals surface area contributed by atoms with Crippen LogP contribution in [-0.4, -0.2) is 41.4 Å². The van der Waals surface area contributed by atoms with E-state index in [1.165, 1.54) is 18.2 Å². The van der Waals surface area contributed by atoms with Crippen molar-refractivity contribution in [1.29, 1.82) is 0 Å². The average molecular weight is 356 g/mol. The van der Waals surface area contributed by atoms with Crippen LogP contribution in [0.25, 0.3) is 0 Å². The summed E-state index contributed by atoms with van der Waals surface area (Å²) in [6.45, 7) is 2.52. The molecule has 0 aromatic heterocycles. The van der Waals surface area contributed by atoms with Crippen molar-refractivity contribution in [3.63, 3.8) is 0 Å². The fourth-order valence-corrected chi connectivity index (χ4v) is 2.72. The van der Waals surface area contributed by atoms with Crippen molar-refractivity contribution in [2.45, 2.75) is 6.92 Å². The smallest absolute Gasteiger partial charge is 0.282 e. The molecule has 8 heteroatoms. The zero-order chi connectivity index (χ0) is 18.7. The molecule has 1 aliphatic heterocycles. The van der Waals surface area contributed by atoms with E-state index < -0.39 is 16.7 Å². The van der Waals surface area contributed by atoms with Crippen LogP contribution in [0.4, 0.5) is 5.69 Å². The summed E-state index contributed by atoms with van der Waals surface area (Å²) >= 11 is 0. The summed E-state index contributed by atoms with van der Waals surface area (Å²) in [5.74, 6) is 0.0557. The predicted molar refractivity (Wildman–Crippen MR) is 91.6 cm³/mol. The molecule has 8 nitrogen and oxygen atoms in total. The summed E-state index contributed by atoms with van der Waals surface area (Å²) in [6.07, 6.45) is 0. The molecule has 0 saturated carbocycles. The lowest BCUT2D eigenvalue weighted by Gasteiger charge is -2.14. The third kappa shape index (κ3) is 3.21. The Morgan fingerprint density at radius 2 is 1.65 bits per heavy atom. The normalized spacial score (nSPS) is 12.9. The largest absolute Gasteiger partial charge is 0.494 e. The second-order valence-corrected chi connectivity index (χ2v) is 5.47. The Bertz CT molecular complexity index is 862. The highest BCUT2D eigenvalue weighted by Crippen LogP contribution is 2.30. The summed E-state index contributed by atoms with van der Waals surface area (Å²) < 4.78 is 10.9. The Morgan fingerprint density at radius 1 is 1.00 bits per heavy atom. The lowest BCUT2D eigenvalue weighted by Crippen LogP contribution is -2.33. The number of carbonyl (C=O) groups is 2. The molecule has 0 unspecified atom stereocenters. The van der Waals surface area contributed by atoms with Crippen LogP contribution >= 0.6 is 0 Å². The number of hydrogen-bond donors (Lipinski definition) is 0. The predicted octanol–water partition coefficient (Wildman–Crippen LogP) is 2.67. The minimum absolute atomic E-state index is 0.00326. The fourth-order valence-electron chi connectivity index (χ4n) is 2.72. The van der Waals surface area contributed by atoms with Gasteiger partial charge >= 0.3 is 0 Å². The van der Waals surface area contributed by atoms with Crippen LogP contribution in [0.2, 0.25) is 0 Å². The van der Waals surface area contributed by atoms with Gasteiger partial charge in [-0.3, -0.25) is 24.6 Å². The Labute approximate surface area is 149 Å². The number of fused-ring (bicyclic) bond motifs is 1. The van der Waals surface area contributed by atoms with E-state index >= 15 is 0 Å². The zero-order valence-corrected chi connectivity index (χ0v) is 14.0. The van der Waals surface area contributed by atoms with E-state index in [2.05, 4.69) is 0 Å². The number of nitro benzene ring substituents is 1. The number of nitro groups is 1. The molecule has 134 valence electrons. The zero-order valence-electron chi connectivity index (χ0n) is 14.0. The second kappa shape index (κ2) is 7.22. The number of imide groups is 1. The van der Waals surface area contributed by atoms with Crippen LogP contribution in [0.5, 0.6) is 11.5 Å². The maximum absolute atomic E-state index is 12.4. The molecule has 0 fully saturated rings. The second-order valence-electron chi connectivity index (χ2n) is 5.47. The Hall–Kier alpha value is -3.42. The van der Waals surface area contributed by atoms with Gasteiger partial charge in [-0.05, 0) is 37.3 Å². The highest BCUT2D eigenvalue weighted by atomic mass is 16.6. The number of benzene rings is 2. The van der Waals surface area contributed by atoms with Gasteiger partial charge in [0.05, 0.1) is 23.6 Å². The lowest BCUT2D eigenvalue weighted by molar-refractivity contribution is -0.385. The van der Waals surface area contributed by atoms with E-state index in [9.17, 15) is 19.7 Å². The van der Waals surface area contributed by atoms with Gasteiger partial charge in [0.1, 0.15) is 23.7 Å². The van der Waals surface area contributed by atoms with Crippen molar-refractivity contribution >= 4 is 17.5 Å². The van der Waals surface area contributed by atoms with Gasteiger partial charge in [-0.2, -0.15) is 0 Å². The minimum atomic E-state index is -0.674. The van der Waals surface area contributed by atoms with Crippen molar-refractivity contribution in [3.8, 4) is 11.5 Å². The molecule has 0 spiro atoms. The van der Waals surface area contributed by atoms with Crippen molar-refractivity contribution < 1.29 is 24.0 Å². The number of ether oxygens (including phenoxy) is 2. The number of carbonyl (C=O) groups excluding carboxylic acids is 2. The van der Waals surface area contributed by atoms with Crippen LogP contribution in [0.1, 0.15) is 27.6 Å². The average Bonchev–Trinajstić information content (AvgIpc) is 2.88. The van der Waals surface area contributed by atoms with E-state index in [0.29, 0.717) is 18.1 Å². The number of amides is 2. The molecule has 3 rings (SSSR count). The first-order valence-corrected chi connectivity index (χ1v) is 8.02. The maximum atomic E-state index is 12.4. The van der Waals surface area contributed by atoms with Gasteiger partial charge in [-0.25, -0.2) is 0 Å². The summed E-state index contributed by atoms with van der Waals surface area (Å²) in [5, 5.41) is 11.1. The van der Waals surface area contributed by atoms with E-state index in [4.69, 9.17) is 9.47 Å². The Kier molecular flexibility index (Phi) is 4.83. The Balaban J connectivity index is 1.66. The lowest BCUT2D eigenvalue weighted by atomic mass is 10.1. The van der Waals surface area contributed by atoms with Crippen LogP contribution in [0.3, 0.4) is 0 Å². The standard InChI is InChI=1S/C18H16N2O6/c1-2-25-12-6-8-13(9-7-12)26-11-10-19-17(21)14-4-3-5-15(20(23)24)16(14)18(19)22/h3-9H,2,10-11H2,1H3. The fraction of sp³-hybridized carbons (Fsp3) is 0.222. The first-order valence-electron chi connectivity index (χ1n) is 8.02. The molecule has 0 N–H and O–H groups in total.